The summed E-state index contributed by atoms with van der Waals surface area (Å²) in [6.45, 7) is 0. The number of hydrogen-bond acceptors (Lipinski definition) is 3. The van der Waals surface area contributed by atoms with E-state index in [4.69, 9.17) is 17.3 Å². The number of rotatable bonds is 2. The van der Waals surface area contributed by atoms with Crippen LogP contribution < -0.4 is 11.6 Å². The molecule has 5 heteroatoms. The van der Waals surface area contributed by atoms with Gasteiger partial charge in [0, 0.05) is 0 Å². The Morgan fingerprint density at radius 2 is 2.38 bits per heavy atom. The maximum absolute atomic E-state index is 9.76. The van der Waals surface area contributed by atoms with Crippen molar-refractivity contribution in [2.45, 2.75) is 5.38 Å². The fourth-order valence-corrected chi connectivity index (χ4v) is 0.197. The summed E-state index contributed by atoms with van der Waals surface area (Å²) in [6, 6.07) is 0. The normalized spacial score (nSPS) is 15.4. The molecule has 0 aliphatic carbocycles. The Balaban J connectivity index is 3.81. The highest BCUT2D eigenvalue weighted by molar-refractivity contribution is 6.39. The van der Waals surface area contributed by atoms with Crippen LogP contribution in [0.2, 0.25) is 0 Å². The third-order valence-electron chi connectivity index (χ3n) is 0.551. The highest BCUT2D eigenvalue weighted by atomic mass is 35.5. The molecule has 0 saturated carbocycles. The zero-order valence-corrected chi connectivity index (χ0v) is 4.80. The number of carbonyl (C=O) groups excluding carboxylic acids is 1. The Morgan fingerprint density at radius 1 is 1.88 bits per heavy atom. The standard InChI is InChI=1S/C3H6ClN3O/c4-2(1-8)3(5)7-6/h1-2H,6H2,(H2,5,7). The van der Waals surface area contributed by atoms with Gasteiger partial charge in [0.15, 0.2) is 0 Å². The summed E-state index contributed by atoms with van der Waals surface area (Å²) in [7, 11) is 0. The van der Waals surface area contributed by atoms with E-state index in [0.29, 0.717) is 6.29 Å². The van der Waals surface area contributed by atoms with E-state index in [-0.39, 0.29) is 5.84 Å². The molecule has 0 heterocycles. The number of halogens is 1. The van der Waals surface area contributed by atoms with Gasteiger partial charge in [-0.15, -0.1) is 11.6 Å². The average molecular weight is 136 g/mol. The molecule has 0 aliphatic heterocycles. The number of nitrogens with zero attached hydrogens (tertiary/aromatic N) is 1. The van der Waals surface area contributed by atoms with E-state index in [1.807, 2.05) is 0 Å². The minimum Gasteiger partial charge on any atom is -0.384 e. The van der Waals surface area contributed by atoms with E-state index in [0.717, 1.165) is 0 Å². The molecule has 0 aromatic heterocycles. The van der Waals surface area contributed by atoms with Crippen LogP contribution in [0.1, 0.15) is 0 Å². The maximum Gasteiger partial charge on any atom is 0.148 e. The molecule has 4 N–H and O–H groups in total. The van der Waals surface area contributed by atoms with E-state index in [2.05, 4.69) is 10.9 Å². The Labute approximate surface area is 51.5 Å². The summed E-state index contributed by atoms with van der Waals surface area (Å²) in [5.41, 5.74) is 4.99. The van der Waals surface area contributed by atoms with Gasteiger partial charge in [-0.05, 0) is 0 Å². The molecule has 1 unspecified atom stereocenters. The first kappa shape index (κ1) is 7.23. The van der Waals surface area contributed by atoms with E-state index in [1.165, 1.54) is 0 Å². The summed E-state index contributed by atoms with van der Waals surface area (Å²) < 4.78 is 0. The molecule has 0 rings (SSSR count). The van der Waals surface area contributed by atoms with Crippen LogP contribution in [-0.4, -0.2) is 17.5 Å². The van der Waals surface area contributed by atoms with Crippen LogP contribution in [0.4, 0.5) is 0 Å². The number of aldehydes is 1. The van der Waals surface area contributed by atoms with Gasteiger partial charge in [-0.2, -0.15) is 5.10 Å². The molecular formula is C3H6ClN3O. The second-order valence-electron chi connectivity index (χ2n) is 1.09. The summed E-state index contributed by atoms with van der Waals surface area (Å²) in [4.78, 5) is 9.76. The molecule has 0 aromatic carbocycles. The number of carbonyl (C=O) groups is 1. The van der Waals surface area contributed by atoms with Crippen molar-refractivity contribution in [3.63, 3.8) is 0 Å². The lowest BCUT2D eigenvalue weighted by molar-refractivity contribution is -0.106. The van der Waals surface area contributed by atoms with Gasteiger partial charge in [0.05, 0.1) is 0 Å². The highest BCUT2D eigenvalue weighted by Crippen LogP contribution is 1.87. The molecule has 46 valence electrons. The summed E-state index contributed by atoms with van der Waals surface area (Å²) in [5.74, 6) is 4.60. The smallest absolute Gasteiger partial charge is 0.148 e. The third-order valence-corrected chi connectivity index (χ3v) is 0.878. The number of nitrogens with two attached hydrogens (primary N) is 2. The topological polar surface area (TPSA) is 81.5 Å². The lowest BCUT2D eigenvalue weighted by atomic mass is 10.4. The van der Waals surface area contributed by atoms with Crippen LogP contribution in [0.3, 0.4) is 0 Å². The third kappa shape index (κ3) is 1.79. The van der Waals surface area contributed by atoms with Gasteiger partial charge in [0.1, 0.15) is 17.5 Å². The quantitative estimate of drug-likeness (QED) is 0.128. The molecule has 0 aliphatic rings. The monoisotopic (exact) mass is 135 g/mol. The average Bonchev–Trinajstić information content (AvgIpc) is 1.84. The first-order chi connectivity index (χ1) is 3.72. The van der Waals surface area contributed by atoms with Crippen LogP contribution in [0.5, 0.6) is 0 Å². The molecule has 1 atom stereocenters. The fraction of sp³-hybridized carbons (Fsp3) is 0.333. The van der Waals surface area contributed by atoms with Crippen LogP contribution in [0, 0.1) is 0 Å². The van der Waals surface area contributed by atoms with E-state index < -0.39 is 5.38 Å². The van der Waals surface area contributed by atoms with Crippen molar-refractivity contribution < 1.29 is 4.79 Å². The Bertz CT molecular complexity index is 113. The maximum atomic E-state index is 9.76. The zero-order valence-electron chi connectivity index (χ0n) is 4.04. The summed E-state index contributed by atoms with van der Waals surface area (Å²) in [6.07, 6.45) is 0.452. The SMILES string of the molecule is NN=C(N)C(Cl)C=O. The summed E-state index contributed by atoms with van der Waals surface area (Å²) >= 11 is 5.21. The van der Waals surface area contributed by atoms with Gasteiger partial charge in [0.25, 0.3) is 0 Å². The predicted molar refractivity (Wildman–Crippen MR) is 31.5 cm³/mol. The minimum atomic E-state index is -0.889. The number of hydrogen-bond donors (Lipinski definition) is 2. The van der Waals surface area contributed by atoms with Crippen molar-refractivity contribution in [2.24, 2.45) is 16.7 Å². The van der Waals surface area contributed by atoms with Gasteiger partial charge in [0.2, 0.25) is 0 Å². The van der Waals surface area contributed by atoms with Crippen LogP contribution in [0.25, 0.3) is 0 Å². The summed E-state index contributed by atoms with van der Waals surface area (Å²) in [5, 5.41) is 2.10. The lowest BCUT2D eigenvalue weighted by Gasteiger charge is -1.94. The molecule has 0 amide bonds. The second-order valence-corrected chi connectivity index (χ2v) is 1.56. The number of amidine groups is 1. The van der Waals surface area contributed by atoms with Crippen molar-refractivity contribution in [3.8, 4) is 0 Å². The largest absolute Gasteiger partial charge is 0.384 e. The Hall–Kier alpha value is -0.770. The molecule has 0 aromatic rings. The Morgan fingerprint density at radius 3 is 2.50 bits per heavy atom. The molecular weight excluding hydrogens is 130 g/mol. The van der Waals surface area contributed by atoms with Gasteiger partial charge in [-0.1, -0.05) is 0 Å². The number of hydrazone groups is 1. The van der Waals surface area contributed by atoms with Crippen molar-refractivity contribution in [2.75, 3.05) is 0 Å². The predicted octanol–water partition coefficient (Wildman–Crippen LogP) is -0.976. The first-order valence-electron chi connectivity index (χ1n) is 1.85. The molecule has 4 nitrogen and oxygen atoms in total. The van der Waals surface area contributed by atoms with E-state index >= 15 is 0 Å². The fourth-order valence-electron chi connectivity index (χ4n) is 0.141. The number of alkyl halides is 1. The van der Waals surface area contributed by atoms with Crippen molar-refractivity contribution in [1.29, 1.82) is 0 Å². The van der Waals surface area contributed by atoms with Gasteiger partial charge >= 0.3 is 0 Å². The zero-order chi connectivity index (χ0) is 6.57. The molecule has 0 radical (unpaired) electrons. The van der Waals surface area contributed by atoms with Gasteiger partial charge < -0.3 is 16.4 Å². The lowest BCUT2D eigenvalue weighted by Crippen LogP contribution is -2.26. The van der Waals surface area contributed by atoms with Crippen LogP contribution in [-0.2, 0) is 4.79 Å². The van der Waals surface area contributed by atoms with E-state index in [1.54, 1.807) is 0 Å². The molecule has 0 fully saturated rings. The Kier molecular flexibility index (Phi) is 2.95. The molecule has 0 saturated heterocycles. The second kappa shape index (κ2) is 3.26. The van der Waals surface area contributed by atoms with Crippen molar-refractivity contribution >= 4 is 23.7 Å². The van der Waals surface area contributed by atoms with Gasteiger partial charge in [-0.3, -0.25) is 0 Å². The first-order valence-corrected chi connectivity index (χ1v) is 2.28. The highest BCUT2D eigenvalue weighted by Gasteiger charge is 2.04. The van der Waals surface area contributed by atoms with E-state index in [9.17, 15) is 4.79 Å². The molecule has 8 heavy (non-hydrogen) atoms. The van der Waals surface area contributed by atoms with Crippen molar-refractivity contribution in [1.82, 2.24) is 0 Å². The van der Waals surface area contributed by atoms with Crippen LogP contribution >= 0.6 is 11.6 Å². The van der Waals surface area contributed by atoms with Crippen LogP contribution in [0.15, 0.2) is 5.10 Å². The van der Waals surface area contributed by atoms with Gasteiger partial charge in [-0.25, -0.2) is 0 Å². The van der Waals surface area contributed by atoms with Crippen molar-refractivity contribution in [3.05, 3.63) is 0 Å². The molecule has 0 spiro atoms. The minimum absolute atomic E-state index is 0.0679. The molecule has 0 bridgehead atoms.